The van der Waals surface area contributed by atoms with Crippen molar-refractivity contribution in [3.63, 3.8) is 0 Å². The summed E-state index contributed by atoms with van der Waals surface area (Å²) in [6.45, 7) is 1.23. The number of carbonyl (C=O) groups is 1. The Balaban J connectivity index is 1.65. The number of nitrogens with one attached hydrogen (secondary N) is 1. The molecule has 0 saturated carbocycles. The summed E-state index contributed by atoms with van der Waals surface area (Å²) in [6, 6.07) is 6.17. The lowest BCUT2D eigenvalue weighted by molar-refractivity contribution is -0.219. The topological polar surface area (TPSA) is 108 Å². The van der Waals surface area contributed by atoms with Gasteiger partial charge in [-0.15, -0.1) is 0 Å². The molecule has 2 aliphatic rings. The molecule has 12 heteroatoms. The number of hydrogen-bond acceptors (Lipinski definition) is 7. The molecule has 0 unspecified atom stereocenters. The molecule has 33 heavy (non-hydrogen) atoms. The number of aliphatic imine (C=N–C) groups is 1. The molecule has 3 atom stereocenters. The number of ether oxygens (including phenoxy) is 3. The molecule has 1 amide bonds. The summed E-state index contributed by atoms with van der Waals surface area (Å²) in [5.41, 5.74) is 3.88. The van der Waals surface area contributed by atoms with E-state index in [4.69, 9.17) is 19.9 Å². The molecular formula is C21H20F4N4O4. The van der Waals surface area contributed by atoms with Crippen LogP contribution in [0.2, 0.25) is 0 Å². The summed E-state index contributed by atoms with van der Waals surface area (Å²) >= 11 is 0. The predicted octanol–water partition coefficient (Wildman–Crippen LogP) is 2.99. The van der Waals surface area contributed by atoms with E-state index in [0.717, 1.165) is 6.07 Å². The van der Waals surface area contributed by atoms with Crippen LogP contribution < -0.4 is 15.8 Å². The zero-order valence-corrected chi connectivity index (χ0v) is 17.4. The highest BCUT2D eigenvalue weighted by atomic mass is 19.4. The van der Waals surface area contributed by atoms with E-state index in [1.54, 1.807) is 13.0 Å². The van der Waals surface area contributed by atoms with Crippen molar-refractivity contribution in [1.82, 2.24) is 4.98 Å². The summed E-state index contributed by atoms with van der Waals surface area (Å²) in [7, 11) is 0. The molecule has 3 N–H and O–H groups in total. The molecule has 1 aromatic heterocycles. The van der Waals surface area contributed by atoms with Gasteiger partial charge in [-0.2, -0.15) is 13.2 Å². The van der Waals surface area contributed by atoms with Crippen molar-refractivity contribution in [1.29, 1.82) is 0 Å². The third kappa shape index (κ3) is 4.30. The largest absolute Gasteiger partial charge is 0.492 e. The van der Waals surface area contributed by atoms with Gasteiger partial charge in [-0.1, -0.05) is 0 Å². The molecule has 2 aromatic rings. The Labute approximate surface area is 185 Å². The molecule has 3 heterocycles. The van der Waals surface area contributed by atoms with Gasteiger partial charge < -0.3 is 25.3 Å². The Kier molecular flexibility index (Phi) is 5.87. The molecule has 4 rings (SSSR count). The maximum absolute atomic E-state index is 14.9. The van der Waals surface area contributed by atoms with Crippen LogP contribution in [0.5, 0.6) is 5.75 Å². The standard InChI is InChI=1S/C21H20F4N4O4/c1-2-31-12-4-6-16(27-8-12)18(30)28-11-3-5-15(22)13(7-11)20-10-33-17(21(23,24)25)14(20)9-32-19(26)29-20/h3-8,14,17H,2,9-10H2,1H3,(H2,26,29)(H,28,30)/t14-,17+,20-/m1/s1. The van der Waals surface area contributed by atoms with E-state index in [2.05, 4.69) is 15.3 Å². The zero-order valence-electron chi connectivity index (χ0n) is 17.4. The molecule has 8 nitrogen and oxygen atoms in total. The van der Waals surface area contributed by atoms with Crippen LogP contribution in [0.15, 0.2) is 41.5 Å². The maximum atomic E-state index is 14.9. The summed E-state index contributed by atoms with van der Waals surface area (Å²) in [5, 5.41) is 2.56. The van der Waals surface area contributed by atoms with Crippen LogP contribution in [0.1, 0.15) is 23.0 Å². The molecule has 0 radical (unpaired) electrons. The van der Waals surface area contributed by atoms with E-state index < -0.39 is 48.7 Å². The van der Waals surface area contributed by atoms with Crippen molar-refractivity contribution in [3.05, 3.63) is 53.6 Å². The molecule has 0 spiro atoms. The second-order valence-electron chi connectivity index (χ2n) is 7.53. The van der Waals surface area contributed by atoms with Crippen LogP contribution in [0, 0.1) is 11.7 Å². The quantitative estimate of drug-likeness (QED) is 0.654. The van der Waals surface area contributed by atoms with Gasteiger partial charge in [0.2, 0.25) is 0 Å². The van der Waals surface area contributed by atoms with Crippen molar-refractivity contribution in [2.24, 2.45) is 16.6 Å². The Morgan fingerprint density at radius 3 is 2.79 bits per heavy atom. The number of carbonyl (C=O) groups excluding carboxylic acids is 1. The number of rotatable bonds is 5. The molecular weight excluding hydrogens is 448 g/mol. The van der Waals surface area contributed by atoms with Gasteiger partial charge >= 0.3 is 6.18 Å². The third-order valence-corrected chi connectivity index (χ3v) is 5.48. The first-order valence-electron chi connectivity index (χ1n) is 10.0. The Morgan fingerprint density at radius 2 is 2.12 bits per heavy atom. The monoisotopic (exact) mass is 468 g/mol. The normalized spacial score (nSPS) is 24.5. The summed E-state index contributed by atoms with van der Waals surface area (Å²) in [6.07, 6.45) is -5.54. The summed E-state index contributed by atoms with van der Waals surface area (Å²) in [4.78, 5) is 20.6. The predicted molar refractivity (Wildman–Crippen MR) is 108 cm³/mol. The van der Waals surface area contributed by atoms with Crippen LogP contribution in [0.25, 0.3) is 0 Å². The molecule has 176 valence electrons. The molecule has 2 aliphatic heterocycles. The number of halogens is 4. The fourth-order valence-electron chi connectivity index (χ4n) is 3.99. The van der Waals surface area contributed by atoms with Gasteiger partial charge in [0, 0.05) is 11.3 Å². The molecule has 1 saturated heterocycles. The van der Waals surface area contributed by atoms with E-state index in [1.807, 2.05) is 0 Å². The van der Waals surface area contributed by atoms with Crippen molar-refractivity contribution < 1.29 is 36.6 Å². The van der Waals surface area contributed by atoms with Crippen LogP contribution in [-0.4, -0.2) is 49.0 Å². The molecule has 0 bridgehead atoms. The van der Waals surface area contributed by atoms with Gasteiger partial charge in [0.05, 0.1) is 31.9 Å². The third-order valence-electron chi connectivity index (χ3n) is 5.48. The van der Waals surface area contributed by atoms with Crippen molar-refractivity contribution in [3.8, 4) is 5.75 Å². The fourth-order valence-corrected chi connectivity index (χ4v) is 3.99. The number of nitrogens with zero attached hydrogens (tertiary/aromatic N) is 2. The fraction of sp³-hybridized carbons (Fsp3) is 0.381. The Hall–Kier alpha value is -3.41. The van der Waals surface area contributed by atoms with Gasteiger partial charge in [0.1, 0.15) is 22.8 Å². The number of pyridine rings is 1. The zero-order chi connectivity index (χ0) is 23.8. The van der Waals surface area contributed by atoms with Gasteiger partial charge in [-0.25, -0.2) is 14.4 Å². The lowest BCUT2D eigenvalue weighted by Gasteiger charge is -2.36. The Bertz CT molecular complexity index is 1080. The van der Waals surface area contributed by atoms with Crippen LogP contribution in [0.4, 0.5) is 23.2 Å². The number of benzene rings is 1. The summed E-state index contributed by atoms with van der Waals surface area (Å²) in [5.74, 6) is -2.30. The Morgan fingerprint density at radius 1 is 1.33 bits per heavy atom. The van der Waals surface area contributed by atoms with Crippen LogP contribution in [0.3, 0.4) is 0 Å². The highest BCUT2D eigenvalue weighted by molar-refractivity contribution is 6.02. The maximum Gasteiger partial charge on any atom is 0.415 e. The van der Waals surface area contributed by atoms with E-state index in [1.165, 1.54) is 24.4 Å². The summed E-state index contributed by atoms with van der Waals surface area (Å²) < 4.78 is 70.7. The SMILES string of the molecule is CCOc1ccc(C(=O)Nc2ccc(F)c([C@]34CO[C@H](C(F)(F)F)[C@H]3COC(N)=N4)c2)nc1. The van der Waals surface area contributed by atoms with Crippen LogP contribution in [-0.2, 0) is 15.0 Å². The smallest absolute Gasteiger partial charge is 0.415 e. The first-order chi connectivity index (χ1) is 15.6. The second-order valence-corrected chi connectivity index (χ2v) is 7.53. The molecule has 1 aromatic carbocycles. The van der Waals surface area contributed by atoms with Gasteiger partial charge in [0.15, 0.2) is 6.10 Å². The number of anilines is 1. The minimum Gasteiger partial charge on any atom is -0.492 e. The first-order valence-corrected chi connectivity index (χ1v) is 10.0. The van der Waals surface area contributed by atoms with Crippen molar-refractivity contribution >= 4 is 17.6 Å². The van der Waals surface area contributed by atoms with Gasteiger partial charge in [-0.3, -0.25) is 4.79 Å². The first kappa shape index (κ1) is 22.8. The van der Waals surface area contributed by atoms with Crippen LogP contribution >= 0.6 is 0 Å². The number of alkyl halides is 3. The number of amidine groups is 1. The number of aromatic nitrogens is 1. The minimum absolute atomic E-state index is 0.0648. The second kappa shape index (κ2) is 8.50. The molecule has 0 aliphatic carbocycles. The minimum atomic E-state index is -4.71. The van der Waals surface area contributed by atoms with Crippen molar-refractivity contribution in [2.45, 2.75) is 24.7 Å². The average Bonchev–Trinajstić information content (AvgIpc) is 3.15. The number of amides is 1. The van der Waals surface area contributed by atoms with Crippen molar-refractivity contribution in [2.75, 3.05) is 25.1 Å². The average molecular weight is 468 g/mol. The number of fused-ring (bicyclic) bond motifs is 1. The molecule has 1 fully saturated rings. The van der Waals surface area contributed by atoms with E-state index in [0.29, 0.717) is 12.4 Å². The number of nitrogens with two attached hydrogens (primary N) is 1. The highest BCUT2D eigenvalue weighted by Crippen LogP contribution is 2.50. The highest BCUT2D eigenvalue weighted by Gasteiger charge is 2.62. The van der Waals surface area contributed by atoms with Gasteiger partial charge in [-0.05, 0) is 37.3 Å². The van der Waals surface area contributed by atoms with Gasteiger partial charge in [0.25, 0.3) is 11.9 Å². The van der Waals surface area contributed by atoms with E-state index in [-0.39, 0.29) is 23.0 Å². The number of hydrogen-bond donors (Lipinski definition) is 2. The van der Waals surface area contributed by atoms with E-state index in [9.17, 15) is 22.4 Å². The van der Waals surface area contributed by atoms with E-state index >= 15 is 0 Å². The lowest BCUT2D eigenvalue weighted by Crippen LogP contribution is -2.48. The lowest BCUT2D eigenvalue weighted by atomic mass is 9.77.